The molecule has 1 unspecified atom stereocenters. The zero-order valence-corrected chi connectivity index (χ0v) is 27.1. The third-order valence-electron chi connectivity index (χ3n) is 5.22. The molecular weight excluding hydrogens is 780 g/mol. The Morgan fingerprint density at radius 1 is 1.11 bits per heavy atom. The van der Waals surface area contributed by atoms with Gasteiger partial charge in [0.25, 0.3) is 0 Å². The second-order valence-corrected chi connectivity index (χ2v) is 18.9. The summed E-state index contributed by atoms with van der Waals surface area (Å²) in [6.45, 7) is 1.70. The highest BCUT2D eigenvalue weighted by Crippen LogP contribution is 2.36. The lowest BCUT2D eigenvalue weighted by molar-refractivity contribution is -0.120. The van der Waals surface area contributed by atoms with Gasteiger partial charge in [-0.1, -0.05) is 31.5 Å². The number of amides is 1. The number of sulfone groups is 1. The average Bonchev–Trinajstić information content (AvgIpc) is 3.19. The van der Waals surface area contributed by atoms with Crippen LogP contribution in [0.4, 0.5) is 0 Å². The number of fused-ring (bicyclic) bond motifs is 1. The van der Waals surface area contributed by atoms with Gasteiger partial charge in [-0.3, -0.25) is 4.79 Å². The van der Waals surface area contributed by atoms with Crippen LogP contribution in [-0.2, 0) is 29.4 Å². The van der Waals surface area contributed by atoms with Crippen molar-refractivity contribution >= 4 is 98.5 Å². The molecule has 3 rings (SSSR count). The largest absolute Gasteiger partial charge is 0.435 e. The number of halogens is 2. The van der Waals surface area contributed by atoms with E-state index in [1.807, 2.05) is 19.1 Å². The number of nitrogens with zero attached hydrogens (tertiary/aromatic N) is 1. The molecular formula is C23H25I2N3O7S3. The molecule has 1 aromatic heterocycles. The molecule has 1 amide bonds. The van der Waals surface area contributed by atoms with Gasteiger partial charge in [0.05, 0.1) is 21.5 Å². The Bertz CT molecular complexity index is 1550. The Morgan fingerprint density at radius 3 is 2.32 bits per heavy atom. The van der Waals surface area contributed by atoms with Crippen molar-refractivity contribution in [3.63, 3.8) is 0 Å². The molecule has 0 fully saturated rings. The van der Waals surface area contributed by atoms with Gasteiger partial charge in [-0.2, -0.15) is 0 Å². The molecule has 0 saturated heterocycles. The molecule has 0 aliphatic carbocycles. The van der Waals surface area contributed by atoms with E-state index in [1.54, 1.807) is 30.3 Å². The number of rotatable bonds is 11. The van der Waals surface area contributed by atoms with Crippen LogP contribution in [0.5, 0.6) is 0 Å². The maximum atomic E-state index is 12.7. The van der Waals surface area contributed by atoms with E-state index < -0.39 is 44.4 Å². The standard InChI is InChI=1S/C23H25I2N3O7S3/c1-3-10-23(24,25)35-22(30)15-6-4-14(5-7-15)16-8-9-17-18(13-16)36-21(28-17)19(37(2,31)32)20(29)27-11-12-38(26,33)34/h4-9,13,19H,3,10-12H2,1-2H3,(H,27,29)(H2,26,33,34). The third-order valence-corrected chi connectivity index (χ3v) is 10.0. The molecule has 10 nitrogen and oxygen atoms in total. The van der Waals surface area contributed by atoms with Gasteiger partial charge >= 0.3 is 5.97 Å². The number of nitrogens with one attached hydrogen (secondary N) is 1. The molecule has 0 saturated carbocycles. The van der Waals surface area contributed by atoms with Crippen molar-refractivity contribution in [1.82, 2.24) is 10.3 Å². The van der Waals surface area contributed by atoms with Crippen LogP contribution in [0.15, 0.2) is 42.5 Å². The first kappa shape index (κ1) is 31.1. The summed E-state index contributed by atoms with van der Waals surface area (Å²) in [5, 5.41) is 5.72. The lowest BCUT2D eigenvalue weighted by atomic mass is 10.0. The zero-order chi connectivity index (χ0) is 28.3. The number of ether oxygens (including phenoxy) is 1. The number of carbonyl (C=O) groups excluding carboxylic acids is 2. The van der Waals surface area contributed by atoms with Gasteiger partial charge in [-0.25, -0.2) is 31.8 Å². The van der Waals surface area contributed by atoms with Crippen molar-refractivity contribution in [1.29, 1.82) is 0 Å². The van der Waals surface area contributed by atoms with E-state index in [2.05, 4.69) is 55.5 Å². The number of aromatic nitrogens is 1. The van der Waals surface area contributed by atoms with Crippen LogP contribution in [0.2, 0.25) is 0 Å². The number of sulfonamides is 1. The predicted molar refractivity (Wildman–Crippen MR) is 165 cm³/mol. The number of nitrogens with two attached hydrogens (primary N) is 1. The van der Waals surface area contributed by atoms with Crippen LogP contribution in [0, 0.1) is 0 Å². The van der Waals surface area contributed by atoms with E-state index in [0.717, 1.165) is 41.6 Å². The molecule has 206 valence electrons. The van der Waals surface area contributed by atoms with Crippen molar-refractivity contribution in [2.75, 3.05) is 18.6 Å². The van der Waals surface area contributed by atoms with Gasteiger partial charge in [-0.05, 0) is 80.6 Å². The quantitative estimate of drug-likeness (QED) is 0.168. The summed E-state index contributed by atoms with van der Waals surface area (Å²) in [6, 6.07) is 12.3. The van der Waals surface area contributed by atoms with E-state index in [-0.39, 0.29) is 11.6 Å². The van der Waals surface area contributed by atoms with Gasteiger partial charge in [0.2, 0.25) is 17.5 Å². The fourth-order valence-corrected chi connectivity index (χ4v) is 7.88. The topological polar surface area (TPSA) is 163 Å². The highest BCUT2D eigenvalue weighted by molar-refractivity contribution is 14.2. The highest BCUT2D eigenvalue weighted by atomic mass is 127. The van der Waals surface area contributed by atoms with Crippen molar-refractivity contribution in [2.45, 2.75) is 26.6 Å². The molecule has 38 heavy (non-hydrogen) atoms. The van der Waals surface area contributed by atoms with Crippen LogP contribution in [0.3, 0.4) is 0 Å². The molecule has 0 spiro atoms. The first-order valence-electron chi connectivity index (χ1n) is 11.2. The van der Waals surface area contributed by atoms with Crippen molar-refractivity contribution in [3.05, 3.63) is 53.0 Å². The fourth-order valence-electron chi connectivity index (χ4n) is 3.47. The minimum Gasteiger partial charge on any atom is -0.435 e. The Morgan fingerprint density at radius 2 is 1.74 bits per heavy atom. The van der Waals surface area contributed by atoms with Crippen molar-refractivity contribution in [2.24, 2.45) is 5.14 Å². The molecule has 3 aromatic rings. The second kappa shape index (κ2) is 12.4. The van der Waals surface area contributed by atoms with E-state index in [9.17, 15) is 26.4 Å². The average molecular weight is 805 g/mol. The number of benzene rings is 2. The normalized spacial score (nSPS) is 13.3. The minimum absolute atomic E-state index is 0.0685. The number of primary sulfonamides is 1. The summed E-state index contributed by atoms with van der Waals surface area (Å²) in [6.07, 6.45) is 2.53. The van der Waals surface area contributed by atoms with Crippen LogP contribution < -0.4 is 10.5 Å². The maximum absolute atomic E-state index is 12.7. The second-order valence-electron chi connectivity index (χ2n) is 8.46. The first-order valence-corrected chi connectivity index (χ1v) is 17.8. The summed E-state index contributed by atoms with van der Waals surface area (Å²) in [5.41, 5.74) is 2.57. The number of thiazole rings is 1. The van der Waals surface area contributed by atoms with Crippen LogP contribution >= 0.6 is 56.5 Å². The predicted octanol–water partition coefficient (Wildman–Crippen LogP) is 3.93. The number of hydrogen-bond donors (Lipinski definition) is 2. The molecule has 2 aromatic carbocycles. The first-order chi connectivity index (χ1) is 17.6. The lowest BCUT2D eigenvalue weighted by Crippen LogP contribution is -2.37. The van der Waals surface area contributed by atoms with Crippen molar-refractivity contribution < 1.29 is 31.2 Å². The van der Waals surface area contributed by atoms with E-state index in [1.165, 1.54) is 0 Å². The van der Waals surface area contributed by atoms with Crippen LogP contribution in [-0.4, -0.2) is 53.9 Å². The molecule has 15 heteroatoms. The molecule has 1 heterocycles. The summed E-state index contributed by atoms with van der Waals surface area (Å²) in [5.74, 6) is -1.81. The van der Waals surface area contributed by atoms with Gasteiger partial charge in [-0.15, -0.1) is 11.3 Å². The Balaban J connectivity index is 1.84. The summed E-state index contributed by atoms with van der Waals surface area (Å²) in [4.78, 5) is 29.5. The maximum Gasteiger partial charge on any atom is 0.340 e. The highest BCUT2D eigenvalue weighted by Gasteiger charge is 2.34. The Labute approximate surface area is 252 Å². The number of hydrogen-bond acceptors (Lipinski definition) is 9. The summed E-state index contributed by atoms with van der Waals surface area (Å²) >= 11 is 5.28. The van der Waals surface area contributed by atoms with Gasteiger partial charge < -0.3 is 10.1 Å². The molecule has 0 bridgehead atoms. The van der Waals surface area contributed by atoms with Gasteiger partial charge in [0.1, 0.15) is 5.01 Å². The molecule has 1 atom stereocenters. The number of carbonyl (C=O) groups is 2. The smallest absolute Gasteiger partial charge is 0.340 e. The van der Waals surface area contributed by atoms with Crippen LogP contribution in [0.25, 0.3) is 21.3 Å². The Hall–Kier alpha value is -1.41. The van der Waals surface area contributed by atoms with E-state index in [0.29, 0.717) is 15.8 Å². The number of alkyl halides is 2. The van der Waals surface area contributed by atoms with E-state index >= 15 is 0 Å². The van der Waals surface area contributed by atoms with Gasteiger partial charge in [0.15, 0.2) is 15.1 Å². The summed E-state index contributed by atoms with van der Waals surface area (Å²) < 4.78 is 52.7. The van der Waals surface area contributed by atoms with Crippen molar-refractivity contribution in [3.8, 4) is 11.1 Å². The minimum atomic E-state index is -3.91. The molecule has 0 aliphatic heterocycles. The zero-order valence-electron chi connectivity index (χ0n) is 20.3. The fraction of sp³-hybridized carbons (Fsp3) is 0.348. The Kier molecular flexibility index (Phi) is 10.2. The van der Waals surface area contributed by atoms with E-state index in [4.69, 9.17) is 9.88 Å². The SMILES string of the molecule is CCCC(I)(I)OC(=O)c1ccc(-c2ccc3nc(C(C(=O)NCCS(N)(=O)=O)S(C)(=O)=O)sc3c2)cc1. The molecule has 0 radical (unpaired) electrons. The summed E-state index contributed by atoms with van der Waals surface area (Å²) in [7, 11) is -7.73. The molecule has 0 aliphatic rings. The van der Waals surface area contributed by atoms with Crippen LogP contribution in [0.1, 0.15) is 40.4 Å². The molecule has 3 N–H and O–H groups in total. The lowest BCUT2D eigenvalue weighted by Gasteiger charge is -2.20. The van der Waals surface area contributed by atoms with Gasteiger partial charge in [0, 0.05) is 19.2 Å². The monoisotopic (exact) mass is 805 g/mol. The third kappa shape index (κ3) is 8.54. The number of esters is 1.